The number of amides is 1. The number of carbonyl (C=O) groups excluding carboxylic acids is 2. The van der Waals surface area contributed by atoms with Gasteiger partial charge in [-0.1, -0.05) is 25.6 Å². The van der Waals surface area contributed by atoms with Gasteiger partial charge in [-0.3, -0.25) is 27.7 Å². The zero-order valence-corrected chi connectivity index (χ0v) is 29.5. The summed E-state index contributed by atoms with van der Waals surface area (Å²) in [6, 6.07) is 0. The number of ether oxygens (including phenoxy) is 1. The molecule has 272 valence electrons. The molecule has 3 heterocycles. The molecule has 1 fully saturated rings. The van der Waals surface area contributed by atoms with Gasteiger partial charge in [0.2, 0.25) is 5.91 Å². The number of thiol groups is 1. The van der Waals surface area contributed by atoms with Crippen LogP contribution in [0.2, 0.25) is 0 Å². The lowest BCUT2D eigenvalue weighted by Crippen LogP contribution is -2.46. The number of hydrogen-bond acceptors (Lipinski definition) is 18. The number of aliphatic hydroxyl groups is 2. The maximum Gasteiger partial charge on any atom is 0.481 e. The van der Waals surface area contributed by atoms with Crippen LogP contribution in [0.4, 0.5) is 5.82 Å². The van der Waals surface area contributed by atoms with E-state index in [0.717, 1.165) is 29.0 Å². The van der Waals surface area contributed by atoms with Gasteiger partial charge in [0.25, 0.3) is 0 Å². The molecule has 0 bridgehead atoms. The number of nitrogen functional groups attached to an aromatic ring is 1. The quantitative estimate of drug-likeness (QED) is 0.0678. The highest BCUT2D eigenvalue weighted by atomic mass is 32.2. The molecule has 1 amide bonds. The lowest BCUT2D eigenvalue weighted by atomic mass is 9.87. The van der Waals surface area contributed by atoms with Gasteiger partial charge in [0.1, 0.15) is 36.3 Å². The molecule has 1 aliphatic rings. The van der Waals surface area contributed by atoms with E-state index in [2.05, 4.69) is 41.7 Å². The molecule has 27 heteroatoms. The first-order chi connectivity index (χ1) is 22.2. The van der Waals surface area contributed by atoms with Crippen molar-refractivity contribution in [3.8, 4) is 0 Å². The van der Waals surface area contributed by atoms with Crippen LogP contribution in [0.5, 0.6) is 0 Å². The van der Waals surface area contributed by atoms with Gasteiger partial charge in [-0.15, -0.1) is 0 Å². The van der Waals surface area contributed by atoms with Gasteiger partial charge < -0.3 is 45.6 Å². The second-order valence-corrected chi connectivity index (χ2v) is 16.5. The summed E-state index contributed by atoms with van der Waals surface area (Å²) in [6.45, 7) is 0.475. The smallest absolute Gasteiger partial charge is 0.386 e. The number of thioether (sulfide) groups is 1. The van der Waals surface area contributed by atoms with Crippen molar-refractivity contribution in [3.05, 3.63) is 12.7 Å². The molecule has 2 unspecified atom stereocenters. The summed E-state index contributed by atoms with van der Waals surface area (Å²) in [5.41, 5.74) is 4.31. The van der Waals surface area contributed by atoms with Crippen LogP contribution in [0.25, 0.3) is 11.2 Å². The van der Waals surface area contributed by atoms with Gasteiger partial charge >= 0.3 is 23.5 Å². The Kier molecular flexibility index (Phi) is 14.2. The van der Waals surface area contributed by atoms with Crippen LogP contribution in [0, 0.1) is 5.41 Å². The third kappa shape index (κ3) is 11.5. The number of hydrogen-bond donors (Lipinski definition) is 9. The minimum absolute atomic E-state index is 0.0263. The standard InChI is InChI=1S/C21H35N6O16P3S2/c1-21(2,16(30)19(31)23-4-3-12(28)48-6-5-47)8-40-46(37,38)43-45(35,36)39-7-11-15(42-44(32,33)34)14(29)20(41-11)27-10-26-13-17(22)24-9-25-18(13)27/h9-11,14-16,20,29-30,47H,3-8H2,1-2H3,(H,23,31)(H,35,36)(H,37,38)(H2,22,24,25)(H2,32,33,34)/t11-,14-,15-,16+,20-/m1/s1. The average molecular weight is 785 g/mol. The number of phosphoric acid groups is 3. The Balaban J connectivity index is 1.61. The number of carbonyl (C=O) groups is 2. The van der Waals surface area contributed by atoms with Crippen LogP contribution >= 0.6 is 47.9 Å². The van der Waals surface area contributed by atoms with E-state index < -0.39 is 78.6 Å². The molecular formula is C21H35N6O16P3S2. The highest BCUT2D eigenvalue weighted by molar-refractivity contribution is 8.13. The Morgan fingerprint density at radius 2 is 1.83 bits per heavy atom. The molecule has 0 aromatic carbocycles. The number of imidazole rings is 1. The lowest BCUT2D eigenvalue weighted by molar-refractivity contribution is -0.136. The summed E-state index contributed by atoms with van der Waals surface area (Å²) >= 11 is 5.02. The van der Waals surface area contributed by atoms with E-state index >= 15 is 0 Å². The highest BCUT2D eigenvalue weighted by Gasteiger charge is 2.50. The molecule has 1 saturated heterocycles. The van der Waals surface area contributed by atoms with Crippen molar-refractivity contribution in [3.63, 3.8) is 0 Å². The Morgan fingerprint density at radius 1 is 1.17 bits per heavy atom. The van der Waals surface area contributed by atoms with E-state index in [-0.39, 0.29) is 35.1 Å². The van der Waals surface area contributed by atoms with E-state index in [4.69, 9.17) is 19.5 Å². The predicted octanol–water partition coefficient (Wildman–Crippen LogP) is -0.522. The Hall–Kier alpha value is -1.56. The number of nitrogens with two attached hydrogens (primary N) is 1. The van der Waals surface area contributed by atoms with E-state index in [1.807, 2.05) is 0 Å². The summed E-state index contributed by atoms with van der Waals surface area (Å²) in [6.07, 6.45) is -6.64. The number of aliphatic hydroxyl groups excluding tert-OH is 2. The summed E-state index contributed by atoms with van der Waals surface area (Å²) < 4.78 is 61.7. The first-order valence-corrected chi connectivity index (χ1v) is 19.7. The van der Waals surface area contributed by atoms with Crippen LogP contribution in [0.1, 0.15) is 26.5 Å². The van der Waals surface area contributed by atoms with Crippen LogP contribution in [0.15, 0.2) is 12.7 Å². The van der Waals surface area contributed by atoms with Gasteiger partial charge in [0, 0.05) is 24.1 Å². The number of rotatable bonds is 18. The normalized spacial score (nSPS) is 23.4. The Labute approximate surface area is 281 Å². The SMILES string of the molecule is CC(C)(COP(=O)(O)OP(=O)(O)OC[C@H]1O[C@@H](n2cnc3c(N)ncnc32)[C@H](O)[C@@H]1OP(=O)(O)O)[C@@H](O)C(=O)NCCC(=O)SCCS. The second-order valence-electron chi connectivity index (χ2n) is 10.7. The number of fused-ring (bicyclic) bond motifs is 1. The number of aromatic nitrogens is 4. The number of nitrogens with zero attached hydrogens (tertiary/aromatic N) is 4. The zero-order chi connectivity index (χ0) is 36.1. The van der Waals surface area contributed by atoms with Crippen molar-refractivity contribution in [2.45, 2.75) is 50.9 Å². The molecule has 0 radical (unpaired) electrons. The fourth-order valence-electron chi connectivity index (χ4n) is 4.07. The molecule has 48 heavy (non-hydrogen) atoms. The molecule has 3 rings (SSSR count). The summed E-state index contributed by atoms with van der Waals surface area (Å²) in [5.74, 6) is 0.00659. The molecule has 0 spiro atoms. The largest absolute Gasteiger partial charge is 0.481 e. The monoisotopic (exact) mass is 784 g/mol. The predicted molar refractivity (Wildman–Crippen MR) is 168 cm³/mol. The van der Waals surface area contributed by atoms with Crippen LogP contribution in [-0.2, 0) is 45.9 Å². The minimum atomic E-state index is -5.53. The molecule has 2 aromatic heterocycles. The summed E-state index contributed by atoms with van der Waals surface area (Å²) in [5, 5.41) is 23.4. The van der Waals surface area contributed by atoms with Crippen molar-refractivity contribution < 1.29 is 75.7 Å². The van der Waals surface area contributed by atoms with Crippen LogP contribution in [-0.4, -0.2) is 116 Å². The third-order valence-corrected chi connectivity index (χ3v) is 11.0. The van der Waals surface area contributed by atoms with E-state index in [1.165, 1.54) is 13.8 Å². The van der Waals surface area contributed by atoms with Gasteiger partial charge in [-0.05, 0) is 5.75 Å². The first-order valence-electron chi connectivity index (χ1n) is 13.5. The van der Waals surface area contributed by atoms with Gasteiger partial charge in [-0.2, -0.15) is 16.9 Å². The van der Waals surface area contributed by atoms with Crippen molar-refractivity contribution >= 4 is 75.9 Å². The fourth-order valence-corrected chi connectivity index (χ4v) is 7.74. The molecule has 2 aromatic rings. The molecule has 7 atom stereocenters. The van der Waals surface area contributed by atoms with Gasteiger partial charge in [0.05, 0.1) is 19.5 Å². The average Bonchev–Trinajstić information content (AvgIpc) is 3.54. The van der Waals surface area contributed by atoms with E-state index in [1.54, 1.807) is 0 Å². The maximum absolute atomic E-state index is 12.6. The lowest BCUT2D eigenvalue weighted by Gasteiger charge is -2.30. The van der Waals surface area contributed by atoms with Gasteiger partial charge in [-0.25, -0.2) is 28.6 Å². The molecule has 0 aliphatic carbocycles. The molecule has 9 N–H and O–H groups in total. The van der Waals surface area contributed by atoms with E-state index in [0.29, 0.717) is 11.5 Å². The van der Waals surface area contributed by atoms with Crippen molar-refractivity contribution in [2.24, 2.45) is 5.41 Å². The Bertz CT molecular complexity index is 1600. The van der Waals surface area contributed by atoms with Crippen molar-refractivity contribution in [2.75, 3.05) is 37.0 Å². The number of anilines is 1. The molecule has 0 saturated carbocycles. The first kappa shape index (κ1) is 40.9. The maximum atomic E-state index is 12.6. The summed E-state index contributed by atoms with van der Waals surface area (Å²) in [4.78, 5) is 74.7. The van der Waals surface area contributed by atoms with Crippen LogP contribution < -0.4 is 11.1 Å². The Morgan fingerprint density at radius 3 is 2.48 bits per heavy atom. The topological polar surface area (TPSA) is 335 Å². The highest BCUT2D eigenvalue weighted by Crippen LogP contribution is 2.61. The number of nitrogens with one attached hydrogen (secondary N) is 1. The van der Waals surface area contributed by atoms with Crippen molar-refractivity contribution in [1.82, 2.24) is 24.8 Å². The van der Waals surface area contributed by atoms with Gasteiger partial charge in [0.15, 0.2) is 22.8 Å². The van der Waals surface area contributed by atoms with Crippen LogP contribution in [0.3, 0.4) is 0 Å². The third-order valence-electron chi connectivity index (χ3n) is 6.41. The van der Waals surface area contributed by atoms with Crippen molar-refractivity contribution in [1.29, 1.82) is 0 Å². The molecule has 1 aliphatic heterocycles. The minimum Gasteiger partial charge on any atom is -0.386 e. The number of phosphoric ester groups is 3. The van der Waals surface area contributed by atoms with E-state index in [9.17, 15) is 53.1 Å². The fraction of sp³-hybridized carbons (Fsp3) is 0.667. The second kappa shape index (κ2) is 16.6. The molecule has 22 nitrogen and oxygen atoms in total. The summed E-state index contributed by atoms with van der Waals surface area (Å²) in [7, 11) is -16.3. The zero-order valence-electron chi connectivity index (χ0n) is 25.1. The molecular weight excluding hydrogens is 749 g/mol.